The van der Waals surface area contributed by atoms with E-state index in [2.05, 4.69) is 43.2 Å². The molecule has 9 rings (SSSR count). The standard InChI is InChI=1S/C43H53FN8O5S/c1-27-15-41(16-28(2)18-43(17-27,23-41)56-3)24-49-8-10-50(11-9-49)30-19-42(20-30)25-51(26-42)29-4-6-33(40(53)48-58-32-5-7-36(45)37(14-32)52(54)55)38(12-29)57-31-13-34-35(44)22-47-39(34)46-21-31/h4-7,12-14,21-22,27-28,30H,8-11,15-20,23-26,45H2,1-3H3,(H,46,47)(H,48,53). The van der Waals surface area contributed by atoms with Crippen LogP contribution in [0.2, 0.25) is 0 Å². The second-order valence-corrected chi connectivity index (χ2v) is 19.2. The molecule has 15 heteroatoms. The molecule has 2 aromatic heterocycles. The number of halogens is 1. The first-order valence-electron chi connectivity index (χ1n) is 20.5. The molecule has 13 nitrogen and oxygen atoms in total. The van der Waals surface area contributed by atoms with Crippen molar-refractivity contribution in [2.24, 2.45) is 22.7 Å². The fraction of sp³-hybridized carbons (Fsp3) is 0.535. The molecular weight excluding hydrogens is 760 g/mol. The van der Waals surface area contributed by atoms with E-state index in [0.717, 1.165) is 68.7 Å². The average molecular weight is 813 g/mol. The summed E-state index contributed by atoms with van der Waals surface area (Å²) in [5.41, 5.74) is 7.87. The van der Waals surface area contributed by atoms with Crippen molar-refractivity contribution in [3.8, 4) is 11.5 Å². The Bertz CT molecular complexity index is 2200. The topological polar surface area (TPSA) is 155 Å². The van der Waals surface area contributed by atoms with Gasteiger partial charge in [0.05, 0.1) is 27.7 Å². The first-order valence-corrected chi connectivity index (χ1v) is 21.4. The number of nitro benzene ring substituents is 1. The van der Waals surface area contributed by atoms with Gasteiger partial charge < -0.3 is 30.0 Å². The third kappa shape index (κ3) is 7.50. The number of anilines is 2. The molecule has 3 aliphatic carbocycles. The Morgan fingerprint density at radius 1 is 1.05 bits per heavy atom. The second-order valence-electron chi connectivity index (χ2n) is 18.3. The number of fused-ring (bicyclic) bond motifs is 3. The van der Waals surface area contributed by atoms with Gasteiger partial charge in [0.25, 0.3) is 11.6 Å². The van der Waals surface area contributed by atoms with Gasteiger partial charge in [-0.1, -0.05) is 13.8 Å². The number of rotatable bonds is 11. The van der Waals surface area contributed by atoms with Crippen molar-refractivity contribution in [3.05, 3.63) is 76.4 Å². The SMILES string of the molecule is COC12CC(C)CC(CN3CCN(C4CC5(C4)CN(c4ccc(C(=O)NSc6ccc(N)c([N+](=O)[O-])c6)c(Oc6cnc7[nH]cc(F)c7c6)c4)C5)CC3)(CC(C)C1)C2. The van der Waals surface area contributed by atoms with Gasteiger partial charge >= 0.3 is 0 Å². The molecule has 2 unspecified atom stereocenters. The summed E-state index contributed by atoms with van der Waals surface area (Å²) in [7, 11) is 1.94. The molecule has 4 heterocycles. The smallest absolute Gasteiger partial charge is 0.293 e. The normalized spacial score (nSPS) is 27.3. The van der Waals surface area contributed by atoms with Crippen LogP contribution in [0, 0.1) is 38.6 Å². The van der Waals surface area contributed by atoms with Crippen molar-refractivity contribution in [2.45, 2.75) is 75.3 Å². The molecule has 5 fully saturated rings. The van der Waals surface area contributed by atoms with Crippen molar-refractivity contribution in [1.82, 2.24) is 24.5 Å². The summed E-state index contributed by atoms with van der Waals surface area (Å²) in [5, 5.41) is 11.7. The van der Waals surface area contributed by atoms with Crippen LogP contribution < -0.4 is 20.1 Å². The molecule has 308 valence electrons. The number of aromatic amines is 1. The molecule has 5 aliphatic rings. The molecule has 0 radical (unpaired) electrons. The Labute approximate surface area is 342 Å². The van der Waals surface area contributed by atoms with Crippen molar-refractivity contribution in [1.29, 1.82) is 0 Å². The summed E-state index contributed by atoms with van der Waals surface area (Å²) in [6.07, 6.45) is 11.4. The second kappa shape index (κ2) is 15.0. The van der Waals surface area contributed by atoms with Crippen molar-refractivity contribution >= 4 is 46.0 Å². The third-order valence-electron chi connectivity index (χ3n) is 13.7. The number of nitrogens with two attached hydrogens (primary N) is 1. The van der Waals surface area contributed by atoms with Gasteiger partial charge in [0, 0.05) is 93.3 Å². The Morgan fingerprint density at radius 3 is 2.50 bits per heavy atom. The zero-order valence-electron chi connectivity index (χ0n) is 33.5. The molecule has 2 aliphatic heterocycles. The number of hydrogen-bond acceptors (Lipinski definition) is 11. The van der Waals surface area contributed by atoms with E-state index in [1.807, 2.05) is 19.2 Å². The van der Waals surface area contributed by atoms with Crippen LogP contribution >= 0.6 is 11.9 Å². The maximum absolute atomic E-state index is 14.5. The molecule has 4 aromatic rings. The van der Waals surface area contributed by atoms with Gasteiger partial charge in [-0.2, -0.15) is 0 Å². The van der Waals surface area contributed by atoms with Crippen LogP contribution in [0.4, 0.5) is 21.5 Å². The number of amides is 1. The molecule has 2 saturated heterocycles. The van der Waals surface area contributed by atoms with Crippen molar-refractivity contribution < 1.29 is 23.6 Å². The molecule has 2 bridgehead atoms. The molecule has 2 atom stereocenters. The number of nitro groups is 1. The van der Waals surface area contributed by atoms with E-state index in [-0.39, 0.29) is 39.1 Å². The van der Waals surface area contributed by atoms with Gasteiger partial charge in [-0.3, -0.25) is 24.5 Å². The van der Waals surface area contributed by atoms with Gasteiger partial charge in [-0.15, -0.1) is 0 Å². The summed E-state index contributed by atoms with van der Waals surface area (Å²) in [5.74, 6) is 1.10. The zero-order valence-corrected chi connectivity index (χ0v) is 34.3. The lowest BCUT2D eigenvalue weighted by Gasteiger charge is -2.62. The number of nitrogens with zero attached hydrogens (tertiary/aromatic N) is 5. The van der Waals surface area contributed by atoms with Crippen molar-refractivity contribution in [3.63, 3.8) is 0 Å². The van der Waals surface area contributed by atoms with Gasteiger partial charge in [0.15, 0.2) is 0 Å². The molecule has 58 heavy (non-hydrogen) atoms. The van der Waals surface area contributed by atoms with E-state index in [9.17, 15) is 19.3 Å². The minimum atomic E-state index is -0.561. The van der Waals surface area contributed by atoms with Gasteiger partial charge in [-0.05, 0) is 104 Å². The lowest BCUT2D eigenvalue weighted by molar-refractivity contribution is -0.384. The predicted molar refractivity (Wildman–Crippen MR) is 223 cm³/mol. The maximum atomic E-state index is 14.5. The highest BCUT2D eigenvalue weighted by Crippen LogP contribution is 2.57. The highest BCUT2D eigenvalue weighted by molar-refractivity contribution is 7.98. The van der Waals surface area contributed by atoms with Gasteiger partial charge in [0.1, 0.15) is 28.7 Å². The number of methoxy groups -OCH3 is 1. The predicted octanol–water partition coefficient (Wildman–Crippen LogP) is 7.63. The van der Waals surface area contributed by atoms with E-state index in [4.69, 9.17) is 15.2 Å². The number of carbonyl (C=O) groups excluding carboxylic acids is 1. The van der Waals surface area contributed by atoms with E-state index < -0.39 is 16.6 Å². The van der Waals surface area contributed by atoms with Crippen LogP contribution in [0.3, 0.4) is 0 Å². The highest BCUT2D eigenvalue weighted by atomic mass is 32.2. The third-order valence-corrected chi connectivity index (χ3v) is 14.5. The van der Waals surface area contributed by atoms with Crippen LogP contribution in [-0.4, -0.2) is 95.2 Å². The van der Waals surface area contributed by atoms with Crippen LogP contribution in [0.25, 0.3) is 11.0 Å². The molecule has 2 aromatic carbocycles. The quantitative estimate of drug-likeness (QED) is 0.0593. The fourth-order valence-electron chi connectivity index (χ4n) is 11.6. The number of piperazine rings is 1. The van der Waals surface area contributed by atoms with Gasteiger partial charge in [-0.25, -0.2) is 9.37 Å². The number of aromatic nitrogens is 2. The number of nitrogen functional groups attached to an aromatic ring is 1. The lowest BCUT2D eigenvalue weighted by Crippen LogP contribution is -2.68. The Balaban J connectivity index is 0.830. The Kier molecular flexibility index (Phi) is 10.1. The summed E-state index contributed by atoms with van der Waals surface area (Å²) in [6, 6.07) is 12.0. The summed E-state index contributed by atoms with van der Waals surface area (Å²) >= 11 is 0.941. The summed E-state index contributed by atoms with van der Waals surface area (Å²) in [6.45, 7) is 12.5. The van der Waals surface area contributed by atoms with E-state index in [1.54, 1.807) is 18.2 Å². The Hall–Kier alpha value is -4.44. The lowest BCUT2D eigenvalue weighted by atomic mass is 9.54. The number of nitrogens with one attached hydrogen (secondary N) is 2. The molecule has 1 spiro atoms. The van der Waals surface area contributed by atoms with E-state index in [0.29, 0.717) is 27.7 Å². The molecule has 1 amide bonds. The minimum Gasteiger partial charge on any atom is -0.455 e. The number of H-pyrrole nitrogens is 1. The summed E-state index contributed by atoms with van der Waals surface area (Å²) < 4.78 is 29.7. The number of carbonyl (C=O) groups is 1. The monoisotopic (exact) mass is 812 g/mol. The average Bonchev–Trinajstić information content (AvgIpc) is 3.52. The first-order chi connectivity index (χ1) is 27.8. The Morgan fingerprint density at radius 2 is 1.79 bits per heavy atom. The first kappa shape index (κ1) is 39.0. The number of pyridine rings is 1. The fourth-order valence-corrected chi connectivity index (χ4v) is 12.3. The van der Waals surface area contributed by atoms with E-state index >= 15 is 0 Å². The zero-order chi connectivity index (χ0) is 40.4. The number of benzene rings is 2. The maximum Gasteiger partial charge on any atom is 0.293 e. The largest absolute Gasteiger partial charge is 0.455 e. The number of hydrogen-bond donors (Lipinski definition) is 3. The highest BCUT2D eigenvalue weighted by Gasteiger charge is 2.55. The van der Waals surface area contributed by atoms with E-state index in [1.165, 1.54) is 76.0 Å². The molecule has 3 saturated carbocycles. The van der Waals surface area contributed by atoms with Crippen LogP contribution in [0.15, 0.2) is 59.8 Å². The minimum absolute atomic E-state index is 0.0387. The van der Waals surface area contributed by atoms with Gasteiger partial charge in [0.2, 0.25) is 0 Å². The molecule has 4 N–H and O–H groups in total. The number of ether oxygens (including phenoxy) is 2. The van der Waals surface area contributed by atoms with Crippen LogP contribution in [0.5, 0.6) is 11.5 Å². The van der Waals surface area contributed by atoms with Crippen LogP contribution in [-0.2, 0) is 4.74 Å². The summed E-state index contributed by atoms with van der Waals surface area (Å²) in [4.78, 5) is 39.8. The van der Waals surface area contributed by atoms with Crippen molar-refractivity contribution in [2.75, 3.05) is 63.6 Å². The van der Waals surface area contributed by atoms with Crippen LogP contribution in [0.1, 0.15) is 69.2 Å². The molecular formula is C43H53FN8O5S.